The molecule has 15 heavy (non-hydrogen) atoms. The van der Waals surface area contributed by atoms with Gasteiger partial charge < -0.3 is 10.0 Å². The molecule has 0 aromatic rings. The first-order chi connectivity index (χ1) is 7.04. The van der Waals surface area contributed by atoms with Gasteiger partial charge in [0, 0.05) is 25.6 Å². The summed E-state index contributed by atoms with van der Waals surface area (Å²) in [5, 5.41) is 9.56. The Bertz CT molecular complexity index is 223. The molecule has 1 saturated heterocycles. The maximum atomic E-state index is 11.2. The molecule has 0 radical (unpaired) electrons. The molecule has 88 valence electrons. The van der Waals surface area contributed by atoms with E-state index in [0.29, 0.717) is 6.54 Å². The molecule has 1 fully saturated rings. The number of likely N-dealkylation sites (tertiary alicyclic amines) is 1. The molecular formula is C10H21N3O2. The number of nitrogens with one attached hydrogen (secondary N) is 1. The largest absolute Gasteiger partial charge is 0.393 e. The van der Waals surface area contributed by atoms with E-state index in [9.17, 15) is 9.90 Å². The lowest BCUT2D eigenvalue weighted by Gasteiger charge is -2.35. The van der Waals surface area contributed by atoms with E-state index in [-0.39, 0.29) is 23.8 Å². The lowest BCUT2D eigenvalue weighted by molar-refractivity contribution is -0.125. The van der Waals surface area contributed by atoms with Crippen LogP contribution in [0.15, 0.2) is 0 Å². The summed E-state index contributed by atoms with van der Waals surface area (Å²) >= 11 is 0. The number of carbonyl (C=O) groups excluding carboxylic acids is 1. The van der Waals surface area contributed by atoms with Crippen LogP contribution >= 0.6 is 0 Å². The second-order valence-corrected chi connectivity index (χ2v) is 4.50. The highest BCUT2D eigenvalue weighted by Gasteiger charge is 2.26. The lowest BCUT2D eigenvalue weighted by Crippen LogP contribution is -2.46. The maximum absolute atomic E-state index is 11.2. The Balaban J connectivity index is 2.36. The number of hydrogen-bond donors (Lipinski definition) is 3. The van der Waals surface area contributed by atoms with Crippen molar-refractivity contribution in [1.29, 1.82) is 0 Å². The van der Waals surface area contributed by atoms with Crippen LogP contribution in [0.1, 0.15) is 20.3 Å². The average Bonchev–Trinajstić information content (AvgIpc) is 2.22. The van der Waals surface area contributed by atoms with Gasteiger partial charge in [-0.1, -0.05) is 13.8 Å². The average molecular weight is 215 g/mol. The molecule has 1 amide bonds. The molecule has 1 aliphatic rings. The zero-order chi connectivity index (χ0) is 11.4. The smallest absolute Gasteiger partial charge is 0.237 e. The third kappa shape index (κ3) is 3.44. The highest BCUT2D eigenvalue weighted by Crippen LogP contribution is 2.17. The van der Waals surface area contributed by atoms with Gasteiger partial charge in [0.25, 0.3) is 0 Å². The minimum absolute atomic E-state index is 0.0996. The third-order valence-electron chi connectivity index (χ3n) is 3.07. The van der Waals surface area contributed by atoms with E-state index in [1.165, 1.54) is 0 Å². The number of amides is 1. The quantitative estimate of drug-likeness (QED) is 0.331. The Morgan fingerprint density at radius 2 is 2.40 bits per heavy atom. The van der Waals surface area contributed by atoms with Gasteiger partial charge >= 0.3 is 0 Å². The van der Waals surface area contributed by atoms with Crippen LogP contribution in [0.3, 0.4) is 0 Å². The molecule has 3 atom stereocenters. The first-order valence-corrected chi connectivity index (χ1v) is 5.45. The molecule has 3 unspecified atom stereocenters. The zero-order valence-electron chi connectivity index (χ0n) is 9.44. The van der Waals surface area contributed by atoms with Crippen LogP contribution in [-0.4, -0.2) is 41.7 Å². The highest BCUT2D eigenvalue weighted by atomic mass is 16.3. The van der Waals surface area contributed by atoms with Crippen LogP contribution in [0.5, 0.6) is 0 Å². The second kappa shape index (κ2) is 5.44. The number of carbonyl (C=O) groups is 1. The van der Waals surface area contributed by atoms with Gasteiger partial charge in [0.15, 0.2) is 0 Å². The van der Waals surface area contributed by atoms with Gasteiger partial charge in [-0.15, -0.1) is 0 Å². The fourth-order valence-corrected chi connectivity index (χ4v) is 2.00. The molecule has 0 aromatic heterocycles. The van der Waals surface area contributed by atoms with E-state index in [0.717, 1.165) is 19.5 Å². The molecule has 1 aliphatic heterocycles. The molecule has 1 rings (SSSR count). The molecule has 0 aromatic carbocycles. The summed E-state index contributed by atoms with van der Waals surface area (Å²) in [6.45, 7) is 6.31. The fourth-order valence-electron chi connectivity index (χ4n) is 2.00. The number of aliphatic hydroxyl groups excluding tert-OH is 1. The molecule has 0 saturated carbocycles. The Kier molecular flexibility index (Phi) is 4.50. The summed E-state index contributed by atoms with van der Waals surface area (Å²) in [6.07, 6.45) is 0.595. The number of aliphatic hydroxyl groups is 1. The van der Waals surface area contributed by atoms with Gasteiger partial charge in [0.05, 0.1) is 6.10 Å². The van der Waals surface area contributed by atoms with Gasteiger partial charge in [-0.3, -0.25) is 10.2 Å². The van der Waals surface area contributed by atoms with Crippen molar-refractivity contribution in [3.05, 3.63) is 0 Å². The Labute approximate surface area is 90.6 Å². The Morgan fingerprint density at radius 3 is 2.93 bits per heavy atom. The predicted molar refractivity (Wildman–Crippen MR) is 57.7 cm³/mol. The monoisotopic (exact) mass is 215 g/mol. The summed E-state index contributed by atoms with van der Waals surface area (Å²) in [7, 11) is 0. The van der Waals surface area contributed by atoms with E-state index >= 15 is 0 Å². The van der Waals surface area contributed by atoms with Crippen molar-refractivity contribution in [2.75, 3.05) is 19.6 Å². The number of piperidine rings is 1. The summed E-state index contributed by atoms with van der Waals surface area (Å²) in [5.74, 6) is 5.12. The normalized spacial score (nSPS) is 29.9. The summed E-state index contributed by atoms with van der Waals surface area (Å²) in [6, 6.07) is 0. The van der Waals surface area contributed by atoms with E-state index in [1.807, 2.05) is 13.8 Å². The highest BCUT2D eigenvalue weighted by molar-refractivity contribution is 5.77. The number of nitrogens with two attached hydrogens (primary N) is 1. The molecule has 5 nitrogen and oxygen atoms in total. The molecule has 5 heteroatoms. The van der Waals surface area contributed by atoms with Crippen LogP contribution < -0.4 is 11.3 Å². The lowest BCUT2D eigenvalue weighted by atomic mass is 9.96. The Hall–Kier alpha value is -0.650. The van der Waals surface area contributed by atoms with Gasteiger partial charge in [-0.05, 0) is 12.3 Å². The Morgan fingerprint density at radius 1 is 1.73 bits per heavy atom. The second-order valence-electron chi connectivity index (χ2n) is 4.50. The van der Waals surface area contributed by atoms with E-state index in [1.54, 1.807) is 0 Å². The summed E-state index contributed by atoms with van der Waals surface area (Å²) < 4.78 is 0. The van der Waals surface area contributed by atoms with Gasteiger partial charge in [0.1, 0.15) is 0 Å². The third-order valence-corrected chi connectivity index (χ3v) is 3.07. The number of hydrogen-bond acceptors (Lipinski definition) is 4. The molecule has 0 bridgehead atoms. The van der Waals surface area contributed by atoms with Crippen LogP contribution in [-0.2, 0) is 4.79 Å². The maximum Gasteiger partial charge on any atom is 0.237 e. The van der Waals surface area contributed by atoms with Crippen molar-refractivity contribution in [2.45, 2.75) is 26.4 Å². The van der Waals surface area contributed by atoms with Crippen LogP contribution in [0, 0.1) is 11.8 Å². The van der Waals surface area contributed by atoms with Gasteiger partial charge in [0.2, 0.25) is 5.91 Å². The van der Waals surface area contributed by atoms with Crippen LogP contribution in [0.2, 0.25) is 0 Å². The predicted octanol–water partition coefficient (Wildman–Crippen LogP) is -0.685. The summed E-state index contributed by atoms with van der Waals surface area (Å²) in [4.78, 5) is 13.4. The number of hydrazine groups is 1. The van der Waals surface area contributed by atoms with E-state index < -0.39 is 0 Å². The first-order valence-electron chi connectivity index (χ1n) is 5.45. The minimum Gasteiger partial charge on any atom is -0.393 e. The fraction of sp³-hybridized carbons (Fsp3) is 0.900. The SMILES string of the molecule is CC(CN1CCC(O)C(C)C1)C(=O)NN. The van der Waals surface area contributed by atoms with Crippen molar-refractivity contribution in [2.24, 2.45) is 17.7 Å². The molecule has 0 spiro atoms. The molecule has 4 N–H and O–H groups in total. The topological polar surface area (TPSA) is 78.6 Å². The molecule has 0 aliphatic carbocycles. The zero-order valence-corrected chi connectivity index (χ0v) is 9.44. The van der Waals surface area contributed by atoms with E-state index in [4.69, 9.17) is 5.84 Å². The minimum atomic E-state index is -0.195. The number of nitrogens with zero attached hydrogens (tertiary/aromatic N) is 1. The van der Waals surface area contributed by atoms with Crippen LogP contribution in [0.4, 0.5) is 0 Å². The number of rotatable bonds is 3. The van der Waals surface area contributed by atoms with E-state index in [2.05, 4.69) is 10.3 Å². The van der Waals surface area contributed by atoms with Gasteiger partial charge in [-0.2, -0.15) is 0 Å². The van der Waals surface area contributed by atoms with Crippen molar-refractivity contribution in [1.82, 2.24) is 10.3 Å². The van der Waals surface area contributed by atoms with Crippen molar-refractivity contribution >= 4 is 5.91 Å². The summed E-state index contributed by atoms with van der Waals surface area (Å²) in [5.41, 5.74) is 2.16. The van der Waals surface area contributed by atoms with Gasteiger partial charge in [-0.25, -0.2) is 5.84 Å². The standard InChI is InChI=1S/C10H21N3O2/c1-7-5-13(4-3-9(7)14)6-8(2)10(15)12-11/h7-9,14H,3-6,11H2,1-2H3,(H,12,15). The van der Waals surface area contributed by atoms with Crippen molar-refractivity contribution < 1.29 is 9.90 Å². The molecular weight excluding hydrogens is 194 g/mol. The van der Waals surface area contributed by atoms with Crippen molar-refractivity contribution in [3.8, 4) is 0 Å². The van der Waals surface area contributed by atoms with Crippen molar-refractivity contribution in [3.63, 3.8) is 0 Å². The molecule has 1 heterocycles. The first kappa shape index (κ1) is 12.4. The van der Waals surface area contributed by atoms with Crippen LogP contribution in [0.25, 0.3) is 0 Å².